The van der Waals surface area contributed by atoms with Crippen LogP contribution in [-0.4, -0.2) is 79.2 Å². The topological polar surface area (TPSA) is 109 Å². The number of aromatic nitrogens is 2. The van der Waals surface area contributed by atoms with Crippen LogP contribution >= 0.6 is 0 Å². The number of hydrogen-bond donors (Lipinski definition) is 2. The molecule has 0 bridgehead atoms. The highest BCUT2D eigenvalue weighted by molar-refractivity contribution is 6.00. The standard InChI is InChI=1S/C30H34F2N6O4/c1-18-4-7-26(42-29(31)32)21(10-18)12-34-25-11-20(5-6-24(25)27(39)33-3)22-13-35-30(36-14-22)37-8-9-38(19(2)15-37)28(40)23-16-41-17-23/h4-7,10-11,13-14,19,23,29,34H,8-9,12,15-17H2,1-3H3,(H,33,39)/t19-/m1/s1. The molecule has 0 unspecified atom stereocenters. The molecule has 0 saturated carbocycles. The van der Waals surface area contributed by atoms with Crippen molar-refractivity contribution in [1.82, 2.24) is 20.2 Å². The highest BCUT2D eigenvalue weighted by atomic mass is 19.3. The van der Waals surface area contributed by atoms with Gasteiger partial charge in [0.1, 0.15) is 5.75 Å². The Bertz CT molecular complexity index is 1430. The summed E-state index contributed by atoms with van der Waals surface area (Å²) in [6, 6.07) is 10.3. The van der Waals surface area contributed by atoms with Crippen LogP contribution in [0.4, 0.5) is 20.4 Å². The van der Waals surface area contributed by atoms with Crippen molar-refractivity contribution >= 4 is 23.5 Å². The zero-order valence-electron chi connectivity index (χ0n) is 23.8. The highest BCUT2D eigenvalue weighted by Gasteiger charge is 2.35. The van der Waals surface area contributed by atoms with E-state index in [4.69, 9.17) is 4.74 Å². The van der Waals surface area contributed by atoms with Gasteiger partial charge >= 0.3 is 6.61 Å². The number of benzene rings is 2. The largest absolute Gasteiger partial charge is 0.434 e. The van der Waals surface area contributed by atoms with Crippen molar-refractivity contribution in [2.75, 3.05) is 50.1 Å². The van der Waals surface area contributed by atoms with Gasteiger partial charge < -0.3 is 29.9 Å². The number of rotatable bonds is 9. The maximum absolute atomic E-state index is 13.0. The average molecular weight is 581 g/mol. The van der Waals surface area contributed by atoms with Crippen molar-refractivity contribution < 1.29 is 27.8 Å². The van der Waals surface area contributed by atoms with Gasteiger partial charge in [0, 0.05) is 68.5 Å². The van der Waals surface area contributed by atoms with E-state index in [2.05, 4.69) is 30.2 Å². The van der Waals surface area contributed by atoms with Crippen molar-refractivity contribution in [3.8, 4) is 16.9 Å². The van der Waals surface area contributed by atoms with Crippen molar-refractivity contribution in [3.05, 3.63) is 65.5 Å². The Balaban J connectivity index is 1.31. The lowest BCUT2D eigenvalue weighted by Crippen LogP contribution is -2.57. The van der Waals surface area contributed by atoms with E-state index in [9.17, 15) is 18.4 Å². The number of nitrogens with zero attached hydrogens (tertiary/aromatic N) is 4. The normalized spacial score (nSPS) is 17.1. The molecule has 2 saturated heterocycles. The second kappa shape index (κ2) is 12.7. The maximum atomic E-state index is 13.0. The predicted octanol–water partition coefficient (Wildman–Crippen LogP) is 3.71. The summed E-state index contributed by atoms with van der Waals surface area (Å²) in [4.78, 5) is 38.4. The quantitative estimate of drug-likeness (QED) is 0.395. The van der Waals surface area contributed by atoms with Crippen LogP contribution in [0.1, 0.15) is 28.4 Å². The third kappa shape index (κ3) is 6.43. The van der Waals surface area contributed by atoms with Crippen molar-refractivity contribution in [2.45, 2.75) is 33.0 Å². The monoisotopic (exact) mass is 580 g/mol. The molecule has 3 aromatic rings. The molecule has 0 aliphatic carbocycles. The van der Waals surface area contributed by atoms with Gasteiger partial charge in [-0.1, -0.05) is 23.8 Å². The fourth-order valence-electron chi connectivity index (χ4n) is 5.16. The van der Waals surface area contributed by atoms with Gasteiger partial charge in [0.2, 0.25) is 11.9 Å². The fourth-order valence-corrected chi connectivity index (χ4v) is 5.16. The minimum absolute atomic E-state index is 0.0287. The molecule has 1 aromatic heterocycles. The molecule has 2 N–H and O–H groups in total. The molecule has 1 atom stereocenters. The number of carbonyl (C=O) groups excluding carboxylic acids is 2. The van der Waals surface area contributed by atoms with Gasteiger partial charge in [-0.25, -0.2) is 9.97 Å². The Morgan fingerprint density at radius 1 is 1.10 bits per heavy atom. The molecule has 10 nitrogen and oxygen atoms in total. The molecular weight excluding hydrogens is 546 g/mol. The first-order chi connectivity index (χ1) is 20.2. The first-order valence-electron chi connectivity index (χ1n) is 13.8. The van der Waals surface area contributed by atoms with Crippen LogP contribution in [-0.2, 0) is 16.1 Å². The van der Waals surface area contributed by atoms with E-state index in [-0.39, 0.29) is 36.1 Å². The third-order valence-corrected chi connectivity index (χ3v) is 7.54. The number of piperazine rings is 1. The molecule has 2 amide bonds. The first kappa shape index (κ1) is 29.2. The zero-order valence-corrected chi connectivity index (χ0v) is 23.8. The van der Waals surface area contributed by atoms with Gasteiger partial charge in [-0.05, 0) is 37.6 Å². The molecule has 5 rings (SSSR count). The maximum Gasteiger partial charge on any atom is 0.387 e. The summed E-state index contributed by atoms with van der Waals surface area (Å²) in [5.74, 6) is 0.473. The van der Waals surface area contributed by atoms with Crippen LogP contribution in [0.5, 0.6) is 5.75 Å². The number of amides is 2. The molecule has 3 heterocycles. The summed E-state index contributed by atoms with van der Waals surface area (Å²) in [6.07, 6.45) is 3.45. The molecule has 2 aliphatic rings. The van der Waals surface area contributed by atoms with E-state index in [1.165, 1.54) is 6.07 Å². The Hall–Kier alpha value is -4.32. The van der Waals surface area contributed by atoms with Crippen LogP contribution < -0.4 is 20.3 Å². The molecule has 2 aliphatic heterocycles. The van der Waals surface area contributed by atoms with Gasteiger partial charge in [-0.2, -0.15) is 8.78 Å². The summed E-state index contributed by atoms with van der Waals surface area (Å²) in [7, 11) is 1.54. The molecule has 2 aromatic carbocycles. The Labute approximate surface area is 243 Å². The lowest BCUT2D eigenvalue weighted by atomic mass is 10.0. The fraction of sp³-hybridized carbons (Fsp3) is 0.400. The second-order valence-electron chi connectivity index (χ2n) is 10.5. The van der Waals surface area contributed by atoms with Gasteiger partial charge in [0.15, 0.2) is 0 Å². The lowest BCUT2D eigenvalue weighted by molar-refractivity contribution is -0.152. The number of ether oxygens (including phenoxy) is 2. The number of aryl methyl sites for hydroxylation is 1. The van der Waals surface area contributed by atoms with Crippen molar-refractivity contribution in [1.29, 1.82) is 0 Å². The second-order valence-corrected chi connectivity index (χ2v) is 10.5. The zero-order chi connectivity index (χ0) is 29.8. The van der Waals surface area contributed by atoms with E-state index in [1.807, 2.05) is 30.9 Å². The van der Waals surface area contributed by atoms with E-state index >= 15 is 0 Å². The number of nitrogens with one attached hydrogen (secondary N) is 2. The van der Waals surface area contributed by atoms with Crippen molar-refractivity contribution in [2.24, 2.45) is 5.92 Å². The molecule has 42 heavy (non-hydrogen) atoms. The molecule has 0 spiro atoms. The number of hydrogen-bond acceptors (Lipinski definition) is 8. The van der Waals surface area contributed by atoms with Gasteiger partial charge in [-0.3, -0.25) is 9.59 Å². The smallest absolute Gasteiger partial charge is 0.387 e. The van der Waals surface area contributed by atoms with Crippen LogP contribution in [0, 0.1) is 12.8 Å². The molecule has 12 heteroatoms. The Morgan fingerprint density at radius 2 is 1.86 bits per heavy atom. The van der Waals surface area contributed by atoms with E-state index in [0.717, 1.165) is 16.7 Å². The summed E-state index contributed by atoms with van der Waals surface area (Å²) in [5.41, 5.74) is 3.87. The van der Waals surface area contributed by atoms with Gasteiger partial charge in [-0.15, -0.1) is 0 Å². The molecular formula is C30H34F2N6O4. The highest BCUT2D eigenvalue weighted by Crippen LogP contribution is 2.29. The minimum Gasteiger partial charge on any atom is -0.434 e. The average Bonchev–Trinajstić information content (AvgIpc) is 2.95. The lowest BCUT2D eigenvalue weighted by Gasteiger charge is -2.42. The van der Waals surface area contributed by atoms with Crippen LogP contribution in [0.3, 0.4) is 0 Å². The summed E-state index contributed by atoms with van der Waals surface area (Å²) < 4.78 is 35.8. The van der Waals surface area contributed by atoms with Gasteiger partial charge in [0.05, 0.1) is 24.7 Å². The number of anilines is 2. The minimum atomic E-state index is -2.95. The van der Waals surface area contributed by atoms with Crippen LogP contribution in [0.2, 0.25) is 0 Å². The van der Waals surface area contributed by atoms with Crippen LogP contribution in [0.25, 0.3) is 11.1 Å². The number of halogens is 2. The van der Waals surface area contributed by atoms with E-state index in [0.29, 0.717) is 55.6 Å². The molecule has 222 valence electrons. The number of alkyl halides is 2. The Morgan fingerprint density at radius 3 is 2.50 bits per heavy atom. The van der Waals surface area contributed by atoms with E-state index < -0.39 is 6.61 Å². The Kier molecular flexibility index (Phi) is 8.81. The number of carbonyl (C=O) groups is 2. The van der Waals surface area contributed by atoms with Gasteiger partial charge in [0.25, 0.3) is 5.91 Å². The summed E-state index contributed by atoms with van der Waals surface area (Å²) in [5, 5.41) is 5.85. The molecule has 0 radical (unpaired) electrons. The summed E-state index contributed by atoms with van der Waals surface area (Å²) >= 11 is 0. The van der Waals surface area contributed by atoms with E-state index in [1.54, 1.807) is 37.6 Å². The predicted molar refractivity (Wildman–Crippen MR) is 154 cm³/mol. The summed E-state index contributed by atoms with van der Waals surface area (Å²) in [6.45, 7) is 3.96. The van der Waals surface area contributed by atoms with Crippen molar-refractivity contribution in [3.63, 3.8) is 0 Å². The third-order valence-electron chi connectivity index (χ3n) is 7.54. The first-order valence-corrected chi connectivity index (χ1v) is 13.8. The van der Waals surface area contributed by atoms with Crippen LogP contribution in [0.15, 0.2) is 48.8 Å². The molecule has 2 fully saturated rings. The SMILES string of the molecule is CNC(=O)c1ccc(-c2cnc(N3CCN(C(=O)C4COC4)[C@H](C)C3)nc2)cc1NCc1cc(C)ccc1OC(F)F.